The normalized spacial score (nSPS) is 21.7. The second kappa shape index (κ2) is 17.5. The number of aromatic nitrogens is 2. The second-order valence-corrected chi connectivity index (χ2v) is 16.6. The number of aliphatic hydroxyl groups excluding tert-OH is 1. The van der Waals surface area contributed by atoms with Crippen molar-refractivity contribution in [1.29, 1.82) is 0 Å². The average molecular weight is 835 g/mol. The number of nitrogens with one attached hydrogen (secondary N) is 1. The van der Waals surface area contributed by atoms with Gasteiger partial charge in [-0.2, -0.15) is 13.2 Å². The van der Waals surface area contributed by atoms with Crippen LogP contribution in [-0.2, 0) is 26.3 Å². The Morgan fingerprint density at radius 1 is 1.05 bits per heavy atom. The molecule has 2 amide bonds. The van der Waals surface area contributed by atoms with Gasteiger partial charge in [0, 0.05) is 49.4 Å². The Bertz CT molecular complexity index is 2110. The van der Waals surface area contributed by atoms with Crippen LogP contribution in [0.5, 0.6) is 11.5 Å². The molecule has 2 aromatic carbocycles. The molecule has 0 aliphatic carbocycles. The predicted octanol–water partition coefficient (Wildman–Crippen LogP) is 5.74. The van der Waals surface area contributed by atoms with Gasteiger partial charge in [-0.05, 0) is 65.2 Å². The van der Waals surface area contributed by atoms with Crippen LogP contribution in [-0.4, -0.2) is 118 Å². The number of carbonyl (C=O) groups is 2. The molecule has 2 saturated heterocycles. The minimum atomic E-state index is -4.63. The Morgan fingerprint density at radius 3 is 2.55 bits per heavy atom. The van der Waals surface area contributed by atoms with E-state index in [0.717, 1.165) is 11.1 Å². The number of fused-ring (bicyclic) bond motifs is 3. The first-order valence-electron chi connectivity index (χ1n) is 20.4. The highest BCUT2D eigenvalue weighted by molar-refractivity contribution is 5.82. The number of amides is 2. The average Bonchev–Trinajstić information content (AvgIpc) is 3.83. The Hall–Kier alpha value is -5.03. The van der Waals surface area contributed by atoms with E-state index in [-0.39, 0.29) is 38.6 Å². The molecule has 7 rings (SSSR count). The van der Waals surface area contributed by atoms with Gasteiger partial charge in [-0.3, -0.25) is 24.4 Å². The number of piperazine rings is 1. The van der Waals surface area contributed by atoms with Crippen LogP contribution in [0.3, 0.4) is 0 Å². The highest BCUT2D eigenvalue weighted by Gasteiger charge is 2.54. The molecule has 2 aromatic heterocycles. The van der Waals surface area contributed by atoms with Gasteiger partial charge >= 0.3 is 6.18 Å². The van der Waals surface area contributed by atoms with E-state index >= 15 is 0 Å². The Labute approximate surface area is 347 Å². The molecular formula is C44H53F3N6O7. The van der Waals surface area contributed by atoms with E-state index in [1.165, 1.54) is 0 Å². The molecule has 2 fully saturated rings. The van der Waals surface area contributed by atoms with E-state index in [1.807, 2.05) is 94.1 Å². The minimum Gasteiger partial charge on any atom is -0.492 e. The number of hydrogen-bond donors (Lipinski definition) is 2. The van der Waals surface area contributed by atoms with Gasteiger partial charge in [0.1, 0.15) is 42.5 Å². The van der Waals surface area contributed by atoms with Gasteiger partial charge in [0.15, 0.2) is 5.76 Å². The number of hydrogen-bond acceptors (Lipinski definition) is 11. The highest BCUT2D eigenvalue weighted by Crippen LogP contribution is 2.48. The Balaban J connectivity index is 1.11. The highest BCUT2D eigenvalue weighted by atomic mass is 19.4. The van der Waals surface area contributed by atoms with Crippen molar-refractivity contribution in [2.45, 2.75) is 89.2 Å². The number of benzene rings is 2. The van der Waals surface area contributed by atoms with Gasteiger partial charge in [0.05, 0.1) is 36.7 Å². The molecule has 2 N–H and O–H groups in total. The third kappa shape index (κ3) is 9.46. The molecule has 60 heavy (non-hydrogen) atoms. The summed E-state index contributed by atoms with van der Waals surface area (Å²) in [6.45, 7) is 9.10. The number of oxazole rings is 1. The number of alkyl halides is 3. The summed E-state index contributed by atoms with van der Waals surface area (Å²) in [6.07, 6.45) is -1.00. The lowest BCUT2D eigenvalue weighted by Crippen LogP contribution is -2.63. The van der Waals surface area contributed by atoms with E-state index in [0.29, 0.717) is 48.3 Å². The maximum Gasteiger partial charge on any atom is 0.405 e. The molecular weight excluding hydrogens is 782 g/mol. The standard InChI is InChI=1S/C44H53F3N6O7/c1-6-57-32-20-30(21-48-22-32)36-23-49-41(59-36)42(2,3)52-17-16-51(34(25-52)39(55)50-27-44(45,46)47)24-31(54)19-29(18-28-12-8-7-9-13-28)40(56)53-38-33-14-10-11-15-35(33)58-26-37(38)60-43(53,4)5/h7-15,20-23,29,31,34,37-38,54H,6,16-19,24-27H2,1-5H3,(H,50,55)/t29-,31+,34+,37-,38+/m1/s1. The van der Waals surface area contributed by atoms with Crippen LogP contribution in [0, 0.1) is 5.92 Å². The van der Waals surface area contributed by atoms with E-state index in [9.17, 15) is 27.9 Å². The summed E-state index contributed by atoms with van der Waals surface area (Å²) in [5.41, 5.74) is 0.508. The third-order valence-electron chi connectivity index (χ3n) is 11.6. The molecule has 3 aliphatic rings. The number of pyridine rings is 1. The van der Waals surface area contributed by atoms with Crippen LogP contribution < -0.4 is 14.8 Å². The van der Waals surface area contributed by atoms with Crippen molar-refractivity contribution >= 4 is 11.8 Å². The van der Waals surface area contributed by atoms with Gasteiger partial charge in [0.2, 0.25) is 17.7 Å². The summed E-state index contributed by atoms with van der Waals surface area (Å²) in [5, 5.41) is 13.9. The molecule has 0 saturated carbocycles. The van der Waals surface area contributed by atoms with E-state index in [1.54, 1.807) is 34.5 Å². The summed E-state index contributed by atoms with van der Waals surface area (Å²) in [4.78, 5) is 42.8. The van der Waals surface area contributed by atoms with Gasteiger partial charge in [-0.15, -0.1) is 0 Å². The molecule has 4 aromatic rings. The van der Waals surface area contributed by atoms with Crippen LogP contribution in [0.25, 0.3) is 11.3 Å². The Morgan fingerprint density at radius 2 is 1.80 bits per heavy atom. The minimum absolute atomic E-state index is 0.0126. The lowest BCUT2D eigenvalue weighted by molar-refractivity contribution is -0.153. The molecule has 3 aliphatic heterocycles. The molecule has 0 unspecified atom stereocenters. The third-order valence-corrected chi connectivity index (χ3v) is 11.6. The number of nitrogens with zero attached hydrogens (tertiary/aromatic N) is 5. The second-order valence-electron chi connectivity index (χ2n) is 16.6. The first kappa shape index (κ1) is 43.1. The maximum absolute atomic E-state index is 14.9. The zero-order chi connectivity index (χ0) is 42.8. The number of aliphatic hydroxyl groups is 1. The quantitative estimate of drug-likeness (QED) is 0.161. The molecule has 5 heterocycles. The largest absolute Gasteiger partial charge is 0.492 e. The lowest BCUT2D eigenvalue weighted by Gasteiger charge is -2.46. The first-order chi connectivity index (χ1) is 28.5. The van der Waals surface area contributed by atoms with Gasteiger partial charge in [-0.25, -0.2) is 4.98 Å². The van der Waals surface area contributed by atoms with Crippen molar-refractivity contribution < 1.29 is 46.5 Å². The van der Waals surface area contributed by atoms with Crippen molar-refractivity contribution in [2.24, 2.45) is 5.92 Å². The van der Waals surface area contributed by atoms with Crippen molar-refractivity contribution in [2.75, 3.05) is 45.9 Å². The zero-order valence-corrected chi connectivity index (χ0v) is 34.5. The van der Waals surface area contributed by atoms with Gasteiger partial charge in [0.25, 0.3) is 0 Å². The van der Waals surface area contributed by atoms with Crippen LogP contribution in [0.1, 0.15) is 64.1 Å². The predicted molar refractivity (Wildman–Crippen MR) is 215 cm³/mol. The molecule has 0 bridgehead atoms. The first-order valence-corrected chi connectivity index (χ1v) is 20.4. The lowest BCUT2D eigenvalue weighted by atomic mass is 9.89. The summed E-state index contributed by atoms with van der Waals surface area (Å²) < 4.78 is 64.4. The SMILES string of the molecule is CCOc1cncc(-c2cnc(C(C)(C)N3CCN(C[C@@H](O)C[C@@H](Cc4ccccc4)C(=O)N4[C@H]5c6ccccc6OC[C@H]5OC4(C)C)[C@H](C(=O)NCC(F)(F)F)C3)o2)c1. The molecule has 5 atom stereocenters. The summed E-state index contributed by atoms with van der Waals surface area (Å²) >= 11 is 0. The van der Waals surface area contributed by atoms with E-state index < -0.39 is 60.1 Å². The summed E-state index contributed by atoms with van der Waals surface area (Å²) in [5.74, 6) is 0.304. The van der Waals surface area contributed by atoms with Crippen LogP contribution in [0.15, 0.2) is 83.7 Å². The van der Waals surface area contributed by atoms with Crippen LogP contribution >= 0.6 is 0 Å². The summed E-state index contributed by atoms with van der Waals surface area (Å²) in [6, 6.07) is 17.4. The van der Waals surface area contributed by atoms with Crippen molar-refractivity contribution in [3.63, 3.8) is 0 Å². The monoisotopic (exact) mass is 834 g/mol. The van der Waals surface area contributed by atoms with Gasteiger partial charge in [-0.1, -0.05) is 48.5 Å². The molecule has 0 radical (unpaired) electrons. The fourth-order valence-electron chi connectivity index (χ4n) is 8.65. The zero-order valence-electron chi connectivity index (χ0n) is 34.5. The molecule has 13 nitrogen and oxygen atoms in total. The topological polar surface area (TPSA) is 143 Å². The fraction of sp³-hybridized carbons (Fsp3) is 0.500. The number of rotatable bonds is 14. The number of halogens is 3. The van der Waals surface area contributed by atoms with Crippen molar-refractivity contribution in [3.8, 4) is 22.8 Å². The summed E-state index contributed by atoms with van der Waals surface area (Å²) in [7, 11) is 0. The Kier molecular flexibility index (Phi) is 12.6. The number of para-hydroxylation sites is 1. The van der Waals surface area contributed by atoms with E-state index in [4.69, 9.17) is 18.6 Å². The van der Waals surface area contributed by atoms with Crippen LogP contribution in [0.2, 0.25) is 0 Å². The maximum atomic E-state index is 14.9. The number of β-amino-alcohol motifs (C(OH)–C–C–N with tert-alkyl or cyclic N) is 1. The van der Waals surface area contributed by atoms with Crippen molar-refractivity contribution in [3.05, 3.63) is 96.3 Å². The van der Waals surface area contributed by atoms with Crippen molar-refractivity contribution in [1.82, 2.24) is 30.0 Å². The molecule has 0 spiro atoms. The molecule has 322 valence electrons. The van der Waals surface area contributed by atoms with Crippen LogP contribution in [0.4, 0.5) is 13.2 Å². The van der Waals surface area contributed by atoms with Gasteiger partial charge < -0.3 is 34.0 Å². The smallest absolute Gasteiger partial charge is 0.405 e. The fourth-order valence-corrected chi connectivity index (χ4v) is 8.65. The number of ether oxygens (including phenoxy) is 3. The molecule has 16 heteroatoms. The number of carbonyl (C=O) groups excluding carboxylic acids is 2. The van der Waals surface area contributed by atoms with E-state index in [2.05, 4.69) is 15.3 Å².